The van der Waals surface area contributed by atoms with Crippen LogP contribution in [0.3, 0.4) is 0 Å². The molecule has 1 aliphatic rings. The molecule has 1 unspecified atom stereocenters. The van der Waals surface area contributed by atoms with Gasteiger partial charge in [-0.3, -0.25) is 4.79 Å². The third-order valence-corrected chi connectivity index (χ3v) is 5.54. The van der Waals surface area contributed by atoms with Crippen molar-refractivity contribution in [3.05, 3.63) is 66.5 Å². The molecular weight excluding hydrogens is 406 g/mol. The van der Waals surface area contributed by atoms with Crippen molar-refractivity contribution in [3.63, 3.8) is 0 Å². The fourth-order valence-corrected chi connectivity index (χ4v) is 3.88. The lowest BCUT2D eigenvalue weighted by Gasteiger charge is -2.20. The summed E-state index contributed by atoms with van der Waals surface area (Å²) in [5.74, 6) is 1.83. The Morgan fingerprint density at radius 3 is 2.75 bits per heavy atom. The molecule has 0 aliphatic carbocycles. The van der Waals surface area contributed by atoms with Crippen LogP contribution in [0.4, 0.5) is 5.69 Å². The molecule has 3 aromatic rings. The van der Waals surface area contributed by atoms with Crippen molar-refractivity contribution in [3.8, 4) is 11.6 Å². The van der Waals surface area contributed by atoms with Gasteiger partial charge in [0.2, 0.25) is 5.88 Å². The van der Waals surface area contributed by atoms with Crippen molar-refractivity contribution in [2.75, 3.05) is 18.0 Å². The average molecular weight is 436 g/mol. The van der Waals surface area contributed by atoms with Crippen molar-refractivity contribution >= 4 is 11.5 Å². The number of carbonyl (C=O) groups excluding carboxylic acids is 1. The largest absolute Gasteiger partial charge is 0.489 e. The van der Waals surface area contributed by atoms with Crippen LogP contribution in [-0.2, 0) is 0 Å². The number of carbonyl (C=O) groups is 1. The number of ketones is 1. The van der Waals surface area contributed by atoms with Crippen molar-refractivity contribution in [2.24, 2.45) is 0 Å². The first-order valence-corrected chi connectivity index (χ1v) is 11.0. The molecule has 0 amide bonds. The first-order valence-electron chi connectivity index (χ1n) is 11.0. The van der Waals surface area contributed by atoms with E-state index in [0.717, 1.165) is 36.5 Å². The Bertz CT molecular complexity index is 1020. The number of rotatable bonds is 9. The lowest BCUT2D eigenvalue weighted by Crippen LogP contribution is -2.24. The van der Waals surface area contributed by atoms with Crippen LogP contribution < -0.4 is 14.4 Å². The highest BCUT2D eigenvalue weighted by molar-refractivity contribution is 5.93. The number of Topliss-reactive ketones (excluding diaryl/α,β-unsaturated/α-hetero) is 1. The smallest absolute Gasteiger partial charge is 0.215 e. The maximum Gasteiger partial charge on any atom is 0.215 e. The van der Waals surface area contributed by atoms with Gasteiger partial charge in [0, 0.05) is 37.3 Å². The van der Waals surface area contributed by atoms with E-state index in [9.17, 15) is 4.79 Å². The van der Waals surface area contributed by atoms with Crippen LogP contribution in [0.1, 0.15) is 55.6 Å². The summed E-state index contributed by atoms with van der Waals surface area (Å²) in [5.41, 5.74) is 2.19. The third kappa shape index (κ3) is 5.46. The lowest BCUT2D eigenvalue weighted by molar-refractivity contribution is 0.0948. The van der Waals surface area contributed by atoms with E-state index in [1.165, 1.54) is 12.6 Å². The fourth-order valence-electron chi connectivity index (χ4n) is 3.88. The second kappa shape index (κ2) is 9.85. The quantitative estimate of drug-likeness (QED) is 0.443. The zero-order valence-corrected chi connectivity index (χ0v) is 18.7. The van der Waals surface area contributed by atoms with E-state index in [2.05, 4.69) is 14.9 Å². The van der Waals surface area contributed by atoms with Crippen molar-refractivity contribution in [1.29, 1.82) is 0 Å². The number of aromatic nitrogens is 2. The molecule has 0 saturated carbocycles. The van der Waals surface area contributed by atoms with Crippen molar-refractivity contribution < 1.29 is 18.7 Å². The highest BCUT2D eigenvalue weighted by Gasteiger charge is 2.25. The summed E-state index contributed by atoms with van der Waals surface area (Å²) in [6.45, 7) is 7.76. The summed E-state index contributed by atoms with van der Waals surface area (Å²) in [4.78, 5) is 22.6. The van der Waals surface area contributed by atoms with Gasteiger partial charge in [0.25, 0.3) is 0 Å². The van der Waals surface area contributed by atoms with E-state index in [1.54, 1.807) is 6.20 Å². The molecule has 168 valence electrons. The maximum absolute atomic E-state index is 12.2. The zero-order chi connectivity index (χ0) is 22.5. The molecule has 0 bridgehead atoms. The Labute approximate surface area is 188 Å². The molecule has 32 heavy (non-hydrogen) atoms. The van der Waals surface area contributed by atoms with Gasteiger partial charge in [0.15, 0.2) is 17.9 Å². The molecule has 0 radical (unpaired) electrons. The molecule has 1 aromatic carbocycles. The summed E-state index contributed by atoms with van der Waals surface area (Å²) in [7, 11) is 0. The monoisotopic (exact) mass is 435 g/mol. The van der Waals surface area contributed by atoms with Crippen molar-refractivity contribution in [2.45, 2.75) is 51.7 Å². The lowest BCUT2D eigenvalue weighted by atomic mass is 9.95. The molecule has 1 fully saturated rings. The van der Waals surface area contributed by atoms with Gasteiger partial charge in [-0.15, -0.1) is 0 Å². The summed E-state index contributed by atoms with van der Waals surface area (Å²) < 4.78 is 17.0. The van der Waals surface area contributed by atoms with E-state index in [1.807, 2.05) is 57.2 Å². The molecule has 1 saturated heterocycles. The van der Waals surface area contributed by atoms with Crippen molar-refractivity contribution in [1.82, 2.24) is 9.97 Å². The Hall–Kier alpha value is -3.35. The molecule has 1 aliphatic heterocycles. The number of anilines is 1. The van der Waals surface area contributed by atoms with Crippen LogP contribution in [0.25, 0.3) is 0 Å². The summed E-state index contributed by atoms with van der Waals surface area (Å²) in [6.07, 6.45) is 6.07. The number of nitrogens with zero attached hydrogens (tertiary/aromatic N) is 3. The Morgan fingerprint density at radius 2 is 2.03 bits per heavy atom. The number of benzene rings is 1. The van der Waals surface area contributed by atoms with E-state index in [4.69, 9.17) is 13.9 Å². The number of pyridine rings is 1. The SMILES string of the molecule is CC(C)Oc1cc(N2CCC(Oc3ccc([C@H](C)CC(=O)c4cnco4)cc3)C2)ccn1. The van der Waals surface area contributed by atoms with Gasteiger partial charge in [-0.1, -0.05) is 19.1 Å². The first kappa shape index (κ1) is 21.9. The van der Waals surface area contributed by atoms with Crippen LogP contribution in [0.5, 0.6) is 11.6 Å². The van der Waals surface area contributed by atoms with Crippen LogP contribution in [0.15, 0.2) is 59.6 Å². The standard InChI is InChI=1S/C25H29N3O4/c1-17(2)31-25-13-20(8-10-27-25)28-11-9-22(15-28)32-21-6-4-19(5-7-21)18(3)12-23(29)24-14-26-16-30-24/h4-8,10,13-14,16-18,22H,9,11-12,15H2,1-3H3/t18-,22?/m1/s1. The normalized spacial score (nSPS) is 16.9. The highest BCUT2D eigenvalue weighted by atomic mass is 16.5. The third-order valence-electron chi connectivity index (χ3n) is 5.54. The van der Waals surface area contributed by atoms with E-state index in [-0.39, 0.29) is 23.9 Å². The minimum absolute atomic E-state index is 0.0422. The van der Waals surface area contributed by atoms with Crippen LogP contribution in [0.2, 0.25) is 0 Å². The fraction of sp³-hybridized carbons (Fsp3) is 0.400. The number of oxazole rings is 1. The Morgan fingerprint density at radius 1 is 1.22 bits per heavy atom. The first-order chi connectivity index (χ1) is 15.5. The predicted octanol–water partition coefficient (Wildman–Crippen LogP) is 4.89. The van der Waals surface area contributed by atoms with Gasteiger partial charge < -0.3 is 18.8 Å². The molecular formula is C25H29N3O4. The number of ether oxygens (including phenoxy) is 2. The molecule has 2 atom stereocenters. The zero-order valence-electron chi connectivity index (χ0n) is 18.7. The predicted molar refractivity (Wildman–Crippen MR) is 122 cm³/mol. The molecule has 4 rings (SSSR count). The van der Waals surface area contributed by atoms with Gasteiger partial charge in [0.05, 0.1) is 18.8 Å². The second-order valence-electron chi connectivity index (χ2n) is 8.46. The Balaban J connectivity index is 1.31. The maximum atomic E-state index is 12.2. The van der Waals surface area contributed by atoms with Gasteiger partial charge in [-0.25, -0.2) is 9.97 Å². The molecule has 7 nitrogen and oxygen atoms in total. The van der Waals surface area contributed by atoms with E-state index >= 15 is 0 Å². The number of hydrogen-bond acceptors (Lipinski definition) is 7. The van der Waals surface area contributed by atoms with Gasteiger partial charge >= 0.3 is 0 Å². The van der Waals surface area contributed by atoms with Crippen LogP contribution in [-0.4, -0.2) is 41.0 Å². The summed E-state index contributed by atoms with van der Waals surface area (Å²) in [5, 5.41) is 0. The second-order valence-corrected chi connectivity index (χ2v) is 8.46. The van der Waals surface area contributed by atoms with Gasteiger partial charge in [-0.05, 0) is 43.5 Å². The van der Waals surface area contributed by atoms with E-state index < -0.39 is 0 Å². The average Bonchev–Trinajstić information content (AvgIpc) is 3.46. The van der Waals surface area contributed by atoms with Gasteiger partial charge in [-0.2, -0.15) is 0 Å². The van der Waals surface area contributed by atoms with Gasteiger partial charge in [0.1, 0.15) is 11.9 Å². The molecule has 3 heterocycles. The molecule has 0 N–H and O–H groups in total. The molecule has 2 aromatic heterocycles. The Kier molecular flexibility index (Phi) is 6.73. The van der Waals surface area contributed by atoms with Crippen LogP contribution in [0, 0.1) is 0 Å². The molecule has 0 spiro atoms. The topological polar surface area (TPSA) is 77.7 Å². The summed E-state index contributed by atoms with van der Waals surface area (Å²) >= 11 is 0. The summed E-state index contributed by atoms with van der Waals surface area (Å²) in [6, 6.07) is 12.0. The minimum atomic E-state index is -0.0422. The number of hydrogen-bond donors (Lipinski definition) is 0. The highest BCUT2D eigenvalue weighted by Crippen LogP contribution is 2.28. The molecule has 7 heteroatoms. The minimum Gasteiger partial charge on any atom is -0.489 e. The van der Waals surface area contributed by atoms with Crippen LogP contribution >= 0.6 is 0 Å². The van der Waals surface area contributed by atoms with E-state index in [0.29, 0.717) is 18.1 Å².